The lowest BCUT2D eigenvalue weighted by Gasteiger charge is -1.82. The molecule has 0 fully saturated rings. The highest BCUT2D eigenvalue weighted by molar-refractivity contribution is 5.18. The molecule has 1 aromatic carbocycles. The summed E-state index contributed by atoms with van der Waals surface area (Å²) in [5, 5.41) is 15.6. The molecular formula is C8H14O2. The van der Waals surface area contributed by atoms with Gasteiger partial charge in [0.05, 0.1) is 0 Å². The van der Waals surface area contributed by atoms with Gasteiger partial charge < -0.3 is 10.2 Å². The number of rotatable bonds is 0. The van der Waals surface area contributed by atoms with Crippen molar-refractivity contribution in [3.05, 3.63) is 30.3 Å². The van der Waals surface area contributed by atoms with Crippen LogP contribution in [0.1, 0.15) is 7.43 Å². The Labute approximate surface area is 61.8 Å². The van der Waals surface area contributed by atoms with Crippen LogP contribution in [0.3, 0.4) is 0 Å². The molecule has 0 aliphatic rings. The van der Waals surface area contributed by atoms with Gasteiger partial charge in [0.15, 0.2) is 0 Å². The largest absolute Gasteiger partial charge is 0.508 e. The van der Waals surface area contributed by atoms with Crippen LogP contribution in [0.15, 0.2) is 30.3 Å². The van der Waals surface area contributed by atoms with E-state index >= 15 is 0 Å². The number of benzene rings is 1. The van der Waals surface area contributed by atoms with E-state index in [1.807, 2.05) is 6.07 Å². The fraction of sp³-hybridized carbons (Fsp3) is 0.250. The lowest BCUT2D eigenvalue weighted by Crippen LogP contribution is -1.56. The summed E-state index contributed by atoms with van der Waals surface area (Å²) in [6, 6.07) is 8.71. The first-order valence-corrected chi connectivity index (χ1v) is 2.58. The third kappa shape index (κ3) is 5.12. The second-order valence-electron chi connectivity index (χ2n) is 1.34. The molecule has 1 aromatic rings. The van der Waals surface area contributed by atoms with Gasteiger partial charge in [-0.3, -0.25) is 0 Å². The molecule has 0 unspecified atom stereocenters. The van der Waals surface area contributed by atoms with Gasteiger partial charge in [0.1, 0.15) is 5.75 Å². The smallest absolute Gasteiger partial charge is 0.115 e. The second kappa shape index (κ2) is 7.98. The first-order chi connectivity index (χ1) is 4.39. The highest BCUT2D eigenvalue weighted by Gasteiger charge is 1.74. The van der Waals surface area contributed by atoms with Gasteiger partial charge in [0, 0.05) is 7.11 Å². The summed E-state index contributed by atoms with van der Waals surface area (Å²) in [5.41, 5.74) is 0. The fourth-order valence-electron chi connectivity index (χ4n) is 0.428. The van der Waals surface area contributed by atoms with Crippen LogP contribution in [0.4, 0.5) is 0 Å². The number of hydrogen-bond donors (Lipinski definition) is 2. The Morgan fingerprint density at radius 3 is 1.60 bits per heavy atom. The molecule has 2 N–H and O–H groups in total. The summed E-state index contributed by atoms with van der Waals surface area (Å²) in [6.07, 6.45) is 0. The molecular weight excluding hydrogens is 128 g/mol. The minimum Gasteiger partial charge on any atom is -0.508 e. The average molecular weight is 142 g/mol. The molecule has 0 amide bonds. The standard InChI is InChI=1S/C6H6O.CH4O.CH4/c7-6-4-2-1-3-5-6;1-2;/h1-5,7H;2H,1H3;1H4. The summed E-state index contributed by atoms with van der Waals surface area (Å²) in [5.74, 6) is 0.322. The van der Waals surface area contributed by atoms with Gasteiger partial charge in [-0.15, -0.1) is 0 Å². The average Bonchev–Trinajstić information content (AvgIpc) is 1.94. The van der Waals surface area contributed by atoms with Crippen LogP contribution in [0, 0.1) is 0 Å². The Hall–Kier alpha value is -1.02. The number of aliphatic hydroxyl groups is 1. The molecule has 1 rings (SSSR count). The predicted molar refractivity (Wildman–Crippen MR) is 43.0 cm³/mol. The van der Waals surface area contributed by atoms with Crippen LogP contribution in [-0.4, -0.2) is 17.3 Å². The number of para-hydroxylation sites is 1. The summed E-state index contributed by atoms with van der Waals surface area (Å²) in [7, 11) is 1.00. The Balaban J connectivity index is 0. The highest BCUT2D eigenvalue weighted by Crippen LogP contribution is 2.02. The number of phenolic OH excluding ortho intramolecular Hbond substituents is 1. The maximum absolute atomic E-state index is 8.63. The van der Waals surface area contributed by atoms with Crippen LogP contribution < -0.4 is 0 Å². The van der Waals surface area contributed by atoms with Gasteiger partial charge in [-0.05, 0) is 12.1 Å². The van der Waals surface area contributed by atoms with E-state index in [-0.39, 0.29) is 7.43 Å². The lowest BCUT2D eigenvalue weighted by molar-refractivity contribution is 0.399. The van der Waals surface area contributed by atoms with Crippen LogP contribution in [0.25, 0.3) is 0 Å². The van der Waals surface area contributed by atoms with Crippen molar-refractivity contribution < 1.29 is 10.2 Å². The molecule has 0 spiro atoms. The molecule has 0 aliphatic heterocycles. The first-order valence-electron chi connectivity index (χ1n) is 2.58. The van der Waals surface area contributed by atoms with E-state index in [4.69, 9.17) is 10.2 Å². The van der Waals surface area contributed by atoms with Gasteiger partial charge in [0.2, 0.25) is 0 Å². The molecule has 0 saturated heterocycles. The third-order valence-electron chi connectivity index (χ3n) is 0.756. The van der Waals surface area contributed by atoms with Crippen LogP contribution in [0.5, 0.6) is 5.75 Å². The van der Waals surface area contributed by atoms with E-state index in [1.54, 1.807) is 24.3 Å². The summed E-state index contributed by atoms with van der Waals surface area (Å²) in [4.78, 5) is 0. The zero-order valence-corrected chi connectivity index (χ0v) is 5.28. The normalized spacial score (nSPS) is 6.60. The zero-order chi connectivity index (χ0) is 7.11. The van der Waals surface area contributed by atoms with Crippen molar-refractivity contribution in [3.8, 4) is 5.75 Å². The maximum atomic E-state index is 8.63. The SMILES string of the molecule is C.CO.Oc1ccccc1. The molecule has 0 aliphatic carbocycles. The first kappa shape index (κ1) is 11.7. The molecule has 0 aromatic heterocycles. The number of hydrogen-bond acceptors (Lipinski definition) is 2. The van der Waals surface area contributed by atoms with Crippen LogP contribution >= 0.6 is 0 Å². The van der Waals surface area contributed by atoms with E-state index in [9.17, 15) is 0 Å². The van der Waals surface area contributed by atoms with Crippen molar-refractivity contribution in [2.45, 2.75) is 7.43 Å². The molecule has 0 atom stereocenters. The number of aromatic hydroxyl groups is 1. The monoisotopic (exact) mass is 142 g/mol. The quantitative estimate of drug-likeness (QED) is 0.578. The molecule has 2 nitrogen and oxygen atoms in total. The van der Waals surface area contributed by atoms with Crippen LogP contribution in [-0.2, 0) is 0 Å². The Bertz CT molecular complexity index is 137. The third-order valence-corrected chi connectivity index (χ3v) is 0.756. The van der Waals surface area contributed by atoms with Gasteiger partial charge in [-0.2, -0.15) is 0 Å². The Kier molecular flexibility index (Phi) is 9.37. The number of aliphatic hydroxyl groups excluding tert-OH is 1. The Morgan fingerprint density at radius 1 is 1.00 bits per heavy atom. The van der Waals surface area contributed by atoms with Crippen molar-refractivity contribution in [3.63, 3.8) is 0 Å². The molecule has 0 bridgehead atoms. The topological polar surface area (TPSA) is 40.5 Å². The van der Waals surface area contributed by atoms with Crippen molar-refractivity contribution in [2.75, 3.05) is 7.11 Å². The van der Waals surface area contributed by atoms with Crippen molar-refractivity contribution in [2.24, 2.45) is 0 Å². The molecule has 10 heavy (non-hydrogen) atoms. The van der Waals surface area contributed by atoms with E-state index in [0.717, 1.165) is 7.11 Å². The van der Waals surface area contributed by atoms with E-state index in [0.29, 0.717) is 5.75 Å². The van der Waals surface area contributed by atoms with Crippen molar-refractivity contribution in [1.29, 1.82) is 0 Å². The van der Waals surface area contributed by atoms with Crippen molar-refractivity contribution >= 4 is 0 Å². The van der Waals surface area contributed by atoms with Crippen molar-refractivity contribution in [1.82, 2.24) is 0 Å². The minimum atomic E-state index is 0. The predicted octanol–water partition coefficient (Wildman–Crippen LogP) is 1.64. The molecule has 0 heterocycles. The number of phenols is 1. The summed E-state index contributed by atoms with van der Waals surface area (Å²) < 4.78 is 0. The molecule has 58 valence electrons. The lowest BCUT2D eigenvalue weighted by atomic mass is 10.3. The highest BCUT2D eigenvalue weighted by atomic mass is 16.3. The summed E-state index contributed by atoms with van der Waals surface area (Å²) >= 11 is 0. The van der Waals surface area contributed by atoms with Gasteiger partial charge >= 0.3 is 0 Å². The van der Waals surface area contributed by atoms with E-state index in [1.165, 1.54) is 0 Å². The fourth-order valence-corrected chi connectivity index (χ4v) is 0.428. The van der Waals surface area contributed by atoms with Crippen LogP contribution in [0.2, 0.25) is 0 Å². The summed E-state index contributed by atoms with van der Waals surface area (Å²) in [6.45, 7) is 0. The minimum absolute atomic E-state index is 0. The molecule has 0 radical (unpaired) electrons. The van der Waals surface area contributed by atoms with E-state index < -0.39 is 0 Å². The Morgan fingerprint density at radius 2 is 1.40 bits per heavy atom. The molecule has 0 saturated carbocycles. The van der Waals surface area contributed by atoms with E-state index in [2.05, 4.69) is 0 Å². The zero-order valence-electron chi connectivity index (χ0n) is 5.28. The van der Waals surface area contributed by atoms with Gasteiger partial charge in [-0.25, -0.2) is 0 Å². The van der Waals surface area contributed by atoms with Gasteiger partial charge in [0.25, 0.3) is 0 Å². The van der Waals surface area contributed by atoms with Gasteiger partial charge in [-0.1, -0.05) is 25.6 Å². The second-order valence-corrected chi connectivity index (χ2v) is 1.34. The maximum Gasteiger partial charge on any atom is 0.115 e. The molecule has 2 heteroatoms.